The van der Waals surface area contributed by atoms with Crippen LogP contribution in [-0.4, -0.2) is 37.9 Å². The zero-order valence-electron chi connectivity index (χ0n) is 21.4. The summed E-state index contributed by atoms with van der Waals surface area (Å²) in [5.74, 6) is -0.294. The zero-order valence-corrected chi connectivity index (χ0v) is 22.4. The minimum atomic E-state index is -1.90. The van der Waals surface area contributed by atoms with Crippen LogP contribution in [0.4, 0.5) is 4.79 Å². The molecule has 6 heteroatoms. The van der Waals surface area contributed by atoms with E-state index in [2.05, 4.69) is 52.1 Å². The van der Waals surface area contributed by atoms with Gasteiger partial charge in [0.2, 0.25) is 8.32 Å². The van der Waals surface area contributed by atoms with Crippen LogP contribution in [0.25, 0.3) is 0 Å². The average molecular weight is 492 g/mol. The van der Waals surface area contributed by atoms with E-state index in [0.717, 1.165) is 11.1 Å². The molecular formula is C29H37NO4Si. The summed E-state index contributed by atoms with van der Waals surface area (Å²) in [6, 6.07) is 19.7. The molecule has 186 valence electrons. The van der Waals surface area contributed by atoms with Crippen LogP contribution in [0.2, 0.25) is 18.1 Å². The van der Waals surface area contributed by atoms with E-state index < -0.39 is 14.4 Å². The number of nitrogens with zero attached hydrogens (tertiary/aromatic N) is 1. The van der Waals surface area contributed by atoms with Crippen LogP contribution in [-0.2, 0) is 20.4 Å². The summed E-state index contributed by atoms with van der Waals surface area (Å²) in [4.78, 5) is 26.4. The molecule has 1 aliphatic rings. The quantitative estimate of drug-likeness (QED) is 0.219. The Kier molecular flexibility index (Phi) is 8.73. The van der Waals surface area contributed by atoms with Crippen LogP contribution in [0.3, 0.4) is 0 Å². The van der Waals surface area contributed by atoms with E-state index in [0.29, 0.717) is 12.8 Å². The molecule has 1 saturated heterocycles. The van der Waals surface area contributed by atoms with Gasteiger partial charge < -0.3 is 9.16 Å². The maximum Gasteiger partial charge on any atom is 0.417 e. The first kappa shape index (κ1) is 26.5. The molecule has 0 saturated carbocycles. The fourth-order valence-electron chi connectivity index (χ4n) is 3.67. The zero-order chi connectivity index (χ0) is 25.5. The first-order chi connectivity index (χ1) is 16.6. The smallest absolute Gasteiger partial charge is 0.417 e. The molecule has 1 aliphatic heterocycles. The fourth-order valence-corrected chi connectivity index (χ4v) is 4.44. The first-order valence-electron chi connectivity index (χ1n) is 12.2. The van der Waals surface area contributed by atoms with Gasteiger partial charge in [-0.05, 0) is 54.3 Å². The maximum atomic E-state index is 12.9. The van der Waals surface area contributed by atoms with E-state index in [1.807, 2.05) is 60.9 Å². The minimum absolute atomic E-state index is 0.0515. The van der Waals surface area contributed by atoms with Gasteiger partial charge in [0, 0.05) is 5.92 Å². The monoisotopic (exact) mass is 491 g/mol. The van der Waals surface area contributed by atoms with Gasteiger partial charge in [-0.25, -0.2) is 9.69 Å². The Hall–Kier alpha value is -3.12. The van der Waals surface area contributed by atoms with E-state index in [1.54, 1.807) is 0 Å². The van der Waals surface area contributed by atoms with Crippen LogP contribution in [0.15, 0.2) is 85.2 Å². The summed E-state index contributed by atoms with van der Waals surface area (Å²) in [6.45, 7) is 11.3. The summed E-state index contributed by atoms with van der Waals surface area (Å²) >= 11 is 0. The number of hydrogen-bond donors (Lipinski definition) is 0. The summed E-state index contributed by atoms with van der Waals surface area (Å²) in [6.07, 6.45) is 7.82. The number of hydrogen-bond acceptors (Lipinski definition) is 4. The highest BCUT2D eigenvalue weighted by Crippen LogP contribution is 2.37. The molecule has 1 heterocycles. The Labute approximate surface area is 210 Å². The van der Waals surface area contributed by atoms with Gasteiger partial charge in [0.1, 0.15) is 6.61 Å². The van der Waals surface area contributed by atoms with Crippen molar-refractivity contribution in [3.63, 3.8) is 0 Å². The van der Waals surface area contributed by atoms with Gasteiger partial charge in [-0.1, -0.05) is 87.5 Å². The van der Waals surface area contributed by atoms with Gasteiger partial charge in [-0.3, -0.25) is 4.79 Å². The fraction of sp³-hybridized carbons (Fsp3) is 0.379. The highest BCUT2D eigenvalue weighted by molar-refractivity contribution is 6.74. The molecule has 3 rings (SSSR count). The van der Waals surface area contributed by atoms with Crippen molar-refractivity contribution in [2.24, 2.45) is 0 Å². The molecular weight excluding hydrogens is 454 g/mol. The first-order valence-corrected chi connectivity index (χ1v) is 15.1. The highest BCUT2D eigenvalue weighted by Gasteiger charge is 2.38. The van der Waals surface area contributed by atoms with E-state index in [-0.39, 0.29) is 29.5 Å². The molecule has 2 atom stereocenters. The summed E-state index contributed by atoms with van der Waals surface area (Å²) in [5, 5.41) is 0.118. The van der Waals surface area contributed by atoms with Crippen LogP contribution in [0.1, 0.15) is 44.2 Å². The molecule has 0 N–H and O–H groups in total. The molecule has 5 nitrogen and oxygen atoms in total. The predicted molar refractivity (Wildman–Crippen MR) is 142 cm³/mol. The molecule has 2 aromatic carbocycles. The normalized spacial score (nSPS) is 17.7. The number of amides is 2. The molecule has 0 bridgehead atoms. The third-order valence-corrected chi connectivity index (χ3v) is 11.2. The van der Waals surface area contributed by atoms with Gasteiger partial charge in [0.25, 0.3) is 5.91 Å². The lowest BCUT2D eigenvalue weighted by molar-refractivity contribution is -0.124. The van der Waals surface area contributed by atoms with Gasteiger partial charge in [-0.15, -0.1) is 0 Å². The largest absolute Gasteiger partial charge is 0.549 e. The van der Waals surface area contributed by atoms with Crippen molar-refractivity contribution in [3.8, 4) is 0 Å². The summed E-state index contributed by atoms with van der Waals surface area (Å²) < 4.78 is 11.4. The second kappa shape index (κ2) is 11.5. The maximum absolute atomic E-state index is 12.9. The lowest BCUT2D eigenvalue weighted by Gasteiger charge is -2.35. The van der Waals surface area contributed by atoms with Crippen LogP contribution < -0.4 is 0 Å². The third-order valence-electron chi connectivity index (χ3n) is 6.87. The SMILES string of the molecule is CC(C)(C)[Si](C)(C)O/C=C\[C@H](C/C=C/C(=O)N1C(=O)OC[C@@H]1Cc1ccccc1)c1ccccc1. The number of rotatable bonds is 9. The van der Waals surface area contributed by atoms with Crippen LogP contribution >= 0.6 is 0 Å². The molecule has 0 aliphatic carbocycles. The lowest BCUT2D eigenvalue weighted by atomic mass is 9.95. The van der Waals surface area contributed by atoms with Gasteiger partial charge in [0.05, 0.1) is 12.3 Å². The summed E-state index contributed by atoms with van der Waals surface area (Å²) in [7, 11) is -1.90. The van der Waals surface area contributed by atoms with Gasteiger partial charge >= 0.3 is 6.09 Å². The Morgan fingerprint density at radius 1 is 1.11 bits per heavy atom. The Morgan fingerprint density at radius 2 is 1.74 bits per heavy atom. The average Bonchev–Trinajstić information content (AvgIpc) is 3.18. The Bertz CT molecular complexity index is 1040. The number of ether oxygens (including phenoxy) is 1. The minimum Gasteiger partial charge on any atom is -0.549 e. The second-order valence-corrected chi connectivity index (χ2v) is 15.2. The van der Waals surface area contributed by atoms with E-state index >= 15 is 0 Å². The van der Waals surface area contributed by atoms with Crippen molar-refractivity contribution in [3.05, 3.63) is 96.3 Å². The van der Waals surface area contributed by atoms with Crippen LogP contribution in [0, 0.1) is 0 Å². The third kappa shape index (κ3) is 7.18. The van der Waals surface area contributed by atoms with Crippen molar-refractivity contribution in [2.75, 3.05) is 6.61 Å². The van der Waals surface area contributed by atoms with Crippen molar-refractivity contribution in [1.29, 1.82) is 0 Å². The van der Waals surface area contributed by atoms with E-state index in [9.17, 15) is 9.59 Å². The Morgan fingerprint density at radius 3 is 2.37 bits per heavy atom. The molecule has 35 heavy (non-hydrogen) atoms. The number of allylic oxidation sites excluding steroid dienone is 2. The molecule has 0 spiro atoms. The second-order valence-electron chi connectivity index (χ2n) is 10.5. The number of cyclic esters (lactones) is 1. The molecule has 1 fully saturated rings. The van der Waals surface area contributed by atoms with Gasteiger partial charge in [-0.2, -0.15) is 0 Å². The lowest BCUT2D eigenvalue weighted by Crippen LogP contribution is -2.39. The van der Waals surface area contributed by atoms with E-state index in [1.165, 1.54) is 11.0 Å². The standard InChI is InChI=1S/C29H37NO4Si/c1-29(2,3)35(4,5)34-20-19-25(24-15-10-7-11-16-24)17-12-18-27(31)30-26(22-33-28(30)32)21-23-13-8-6-9-14-23/h6-16,18-20,25-26H,17,21-22H2,1-5H3/b18-12+,20-19-/t25-,26-/m0/s1. The van der Waals surface area contributed by atoms with Crippen molar-refractivity contribution in [1.82, 2.24) is 4.90 Å². The number of carbonyl (C=O) groups is 2. The topological polar surface area (TPSA) is 55.8 Å². The van der Waals surface area contributed by atoms with Crippen molar-refractivity contribution in [2.45, 2.75) is 63.7 Å². The number of imide groups is 1. The summed E-state index contributed by atoms with van der Waals surface area (Å²) in [5.41, 5.74) is 2.20. The Balaban J connectivity index is 1.68. The van der Waals surface area contributed by atoms with Crippen molar-refractivity contribution >= 4 is 20.3 Å². The van der Waals surface area contributed by atoms with E-state index in [4.69, 9.17) is 9.16 Å². The molecule has 2 aromatic rings. The number of carbonyl (C=O) groups excluding carboxylic acids is 2. The molecule has 2 amide bonds. The molecule has 0 radical (unpaired) electrons. The van der Waals surface area contributed by atoms with Crippen LogP contribution in [0.5, 0.6) is 0 Å². The highest BCUT2D eigenvalue weighted by atomic mass is 28.4. The van der Waals surface area contributed by atoms with Crippen molar-refractivity contribution < 1.29 is 18.8 Å². The molecule has 0 unspecified atom stereocenters. The molecule has 0 aromatic heterocycles. The predicted octanol–water partition coefficient (Wildman–Crippen LogP) is 6.84. The number of benzene rings is 2. The van der Waals surface area contributed by atoms with Gasteiger partial charge in [0.15, 0.2) is 0 Å².